The fourth-order valence-corrected chi connectivity index (χ4v) is 2.23. The van der Waals surface area contributed by atoms with Gasteiger partial charge < -0.3 is 19.9 Å². The summed E-state index contributed by atoms with van der Waals surface area (Å²) in [6.07, 6.45) is 3.17. The first-order chi connectivity index (χ1) is 11.9. The minimum absolute atomic E-state index is 0.0134. The number of rotatable bonds is 8. The molecule has 1 N–H and O–H groups in total. The molecule has 1 aromatic heterocycles. The lowest BCUT2D eigenvalue weighted by Crippen LogP contribution is -2.28. The Morgan fingerprint density at radius 2 is 1.88 bits per heavy atom. The van der Waals surface area contributed by atoms with E-state index in [1.807, 2.05) is 30.9 Å². The molecular formula is C16H22N6O3. The van der Waals surface area contributed by atoms with Crippen LogP contribution < -0.4 is 15.0 Å². The number of nitro groups is 1. The van der Waals surface area contributed by atoms with E-state index in [1.165, 1.54) is 13.2 Å². The molecule has 0 amide bonds. The molecule has 0 saturated carbocycles. The molecule has 2 aromatic rings. The zero-order valence-corrected chi connectivity index (χ0v) is 14.8. The van der Waals surface area contributed by atoms with Gasteiger partial charge in [-0.25, -0.2) is 9.97 Å². The lowest BCUT2D eigenvalue weighted by atomic mass is 10.2. The van der Waals surface area contributed by atoms with Crippen LogP contribution in [0.5, 0.6) is 5.75 Å². The molecule has 25 heavy (non-hydrogen) atoms. The number of nitrogens with one attached hydrogen (secondary N) is 1. The van der Waals surface area contributed by atoms with Crippen molar-refractivity contribution in [1.82, 2.24) is 14.9 Å². The van der Waals surface area contributed by atoms with Crippen molar-refractivity contribution in [2.24, 2.45) is 0 Å². The van der Waals surface area contributed by atoms with Gasteiger partial charge in [-0.2, -0.15) is 0 Å². The summed E-state index contributed by atoms with van der Waals surface area (Å²) in [4.78, 5) is 23.1. The van der Waals surface area contributed by atoms with Crippen LogP contribution >= 0.6 is 0 Å². The molecule has 0 aliphatic rings. The van der Waals surface area contributed by atoms with Gasteiger partial charge in [0.25, 0.3) is 5.69 Å². The standard InChI is InChI=1S/C16H22N6O3/c1-20(2)8-9-21(3)13-11-15(25-4)12(10-14(13)22(23)24)19-16-17-6-5-7-18-16/h5-7,10-11H,8-9H2,1-4H3,(H,17,18,19). The summed E-state index contributed by atoms with van der Waals surface area (Å²) in [5.41, 5.74) is 0.911. The molecule has 9 heteroatoms. The molecule has 0 spiro atoms. The fourth-order valence-electron chi connectivity index (χ4n) is 2.23. The van der Waals surface area contributed by atoms with Gasteiger partial charge in [0, 0.05) is 44.7 Å². The third kappa shape index (κ3) is 4.77. The van der Waals surface area contributed by atoms with Crippen molar-refractivity contribution >= 4 is 23.0 Å². The monoisotopic (exact) mass is 346 g/mol. The number of ether oxygens (including phenoxy) is 1. The van der Waals surface area contributed by atoms with Crippen LogP contribution in [0.3, 0.4) is 0 Å². The predicted molar refractivity (Wildman–Crippen MR) is 96.8 cm³/mol. The van der Waals surface area contributed by atoms with Crippen LogP contribution in [0.4, 0.5) is 23.0 Å². The van der Waals surface area contributed by atoms with Crippen LogP contribution in [0.25, 0.3) is 0 Å². The van der Waals surface area contributed by atoms with E-state index in [0.29, 0.717) is 29.6 Å². The summed E-state index contributed by atoms with van der Waals surface area (Å²) in [6, 6.07) is 4.78. The highest BCUT2D eigenvalue weighted by Crippen LogP contribution is 2.38. The van der Waals surface area contributed by atoms with Crippen LogP contribution in [-0.2, 0) is 0 Å². The molecule has 134 valence electrons. The van der Waals surface area contributed by atoms with E-state index in [4.69, 9.17) is 4.74 Å². The SMILES string of the molecule is COc1cc(N(C)CCN(C)C)c([N+](=O)[O-])cc1Nc1ncccn1. The van der Waals surface area contributed by atoms with Gasteiger partial charge in [0.1, 0.15) is 11.4 Å². The summed E-state index contributed by atoms with van der Waals surface area (Å²) >= 11 is 0. The molecule has 2 rings (SSSR count). The Hall–Kier alpha value is -2.94. The zero-order chi connectivity index (χ0) is 18.4. The number of nitro benzene ring substituents is 1. The quantitative estimate of drug-likeness (QED) is 0.573. The van der Waals surface area contributed by atoms with Crippen LogP contribution in [-0.4, -0.2) is 61.1 Å². The molecule has 9 nitrogen and oxygen atoms in total. The van der Waals surface area contributed by atoms with Crippen molar-refractivity contribution in [3.63, 3.8) is 0 Å². The Balaban J connectivity index is 2.39. The molecular weight excluding hydrogens is 324 g/mol. The van der Waals surface area contributed by atoms with Gasteiger partial charge in [0.05, 0.1) is 17.7 Å². The number of methoxy groups -OCH3 is 1. The van der Waals surface area contributed by atoms with E-state index < -0.39 is 4.92 Å². The second kappa shape index (κ2) is 8.25. The zero-order valence-electron chi connectivity index (χ0n) is 14.8. The average Bonchev–Trinajstić information content (AvgIpc) is 2.60. The summed E-state index contributed by atoms with van der Waals surface area (Å²) in [7, 11) is 7.24. The lowest BCUT2D eigenvalue weighted by molar-refractivity contribution is -0.384. The average molecular weight is 346 g/mol. The molecule has 0 fully saturated rings. The van der Waals surface area contributed by atoms with Crippen molar-refractivity contribution < 1.29 is 9.66 Å². The third-order valence-corrected chi connectivity index (χ3v) is 3.60. The number of hydrogen-bond acceptors (Lipinski definition) is 8. The summed E-state index contributed by atoms with van der Waals surface area (Å²) in [5.74, 6) is 0.813. The largest absolute Gasteiger partial charge is 0.494 e. The number of nitrogens with zero attached hydrogens (tertiary/aromatic N) is 5. The number of hydrogen-bond donors (Lipinski definition) is 1. The first-order valence-electron chi connectivity index (χ1n) is 7.68. The highest BCUT2D eigenvalue weighted by Gasteiger charge is 2.22. The Labute approximate surface area is 146 Å². The minimum atomic E-state index is -0.405. The second-order valence-electron chi connectivity index (χ2n) is 5.72. The van der Waals surface area contributed by atoms with E-state index in [0.717, 1.165) is 6.54 Å². The third-order valence-electron chi connectivity index (χ3n) is 3.60. The van der Waals surface area contributed by atoms with Crippen LogP contribution in [0.2, 0.25) is 0 Å². The summed E-state index contributed by atoms with van der Waals surface area (Å²) in [5, 5.41) is 14.5. The van der Waals surface area contributed by atoms with E-state index in [1.54, 1.807) is 24.5 Å². The Kier molecular flexibility index (Phi) is 6.07. The normalized spacial score (nSPS) is 10.6. The molecule has 1 heterocycles. The second-order valence-corrected chi connectivity index (χ2v) is 5.72. The van der Waals surface area contributed by atoms with E-state index in [9.17, 15) is 10.1 Å². The molecule has 0 atom stereocenters. The van der Waals surface area contributed by atoms with Crippen LogP contribution in [0.15, 0.2) is 30.6 Å². The van der Waals surface area contributed by atoms with Gasteiger partial charge in [0.15, 0.2) is 0 Å². The number of anilines is 3. The highest BCUT2D eigenvalue weighted by molar-refractivity contribution is 5.76. The maximum atomic E-state index is 11.5. The molecule has 0 unspecified atom stereocenters. The molecule has 1 aromatic carbocycles. The van der Waals surface area contributed by atoms with Crippen molar-refractivity contribution in [2.75, 3.05) is 51.6 Å². The van der Waals surface area contributed by atoms with Gasteiger partial charge in [-0.1, -0.05) is 0 Å². The maximum absolute atomic E-state index is 11.5. The number of benzene rings is 1. The predicted octanol–water partition coefficient (Wildman–Crippen LogP) is 2.13. The first-order valence-corrected chi connectivity index (χ1v) is 7.68. The van der Waals surface area contributed by atoms with E-state index in [-0.39, 0.29) is 5.69 Å². The van der Waals surface area contributed by atoms with Crippen molar-refractivity contribution in [2.45, 2.75) is 0 Å². The Bertz CT molecular complexity index is 723. The highest BCUT2D eigenvalue weighted by atomic mass is 16.6. The van der Waals surface area contributed by atoms with E-state index >= 15 is 0 Å². The van der Waals surface area contributed by atoms with Crippen LogP contribution in [0.1, 0.15) is 0 Å². The maximum Gasteiger partial charge on any atom is 0.294 e. The number of likely N-dealkylation sites (N-methyl/N-ethyl adjacent to an activating group) is 2. The van der Waals surface area contributed by atoms with Gasteiger partial charge in [-0.15, -0.1) is 0 Å². The van der Waals surface area contributed by atoms with Gasteiger partial charge in [0.2, 0.25) is 5.95 Å². The Morgan fingerprint density at radius 1 is 1.20 bits per heavy atom. The smallest absolute Gasteiger partial charge is 0.294 e. The van der Waals surface area contributed by atoms with Crippen molar-refractivity contribution in [1.29, 1.82) is 0 Å². The summed E-state index contributed by atoms with van der Waals surface area (Å²) < 4.78 is 5.39. The molecule has 0 bridgehead atoms. The molecule has 0 saturated heterocycles. The van der Waals surface area contributed by atoms with Crippen molar-refractivity contribution in [3.05, 3.63) is 40.7 Å². The van der Waals surface area contributed by atoms with E-state index in [2.05, 4.69) is 15.3 Å². The molecule has 0 aliphatic carbocycles. The van der Waals surface area contributed by atoms with Gasteiger partial charge >= 0.3 is 0 Å². The Morgan fingerprint density at radius 3 is 2.44 bits per heavy atom. The molecule has 0 radical (unpaired) electrons. The summed E-state index contributed by atoms with van der Waals surface area (Å²) in [6.45, 7) is 1.42. The van der Waals surface area contributed by atoms with Gasteiger partial charge in [-0.3, -0.25) is 10.1 Å². The van der Waals surface area contributed by atoms with Gasteiger partial charge in [-0.05, 0) is 20.2 Å². The fraction of sp³-hybridized carbons (Fsp3) is 0.375. The first kappa shape index (κ1) is 18.4. The molecule has 0 aliphatic heterocycles. The van der Waals surface area contributed by atoms with Crippen LogP contribution in [0, 0.1) is 10.1 Å². The number of aromatic nitrogens is 2. The van der Waals surface area contributed by atoms with Crippen molar-refractivity contribution in [3.8, 4) is 5.75 Å². The minimum Gasteiger partial charge on any atom is -0.494 e. The lowest BCUT2D eigenvalue weighted by Gasteiger charge is -2.22. The topological polar surface area (TPSA) is 96.7 Å².